The van der Waals surface area contributed by atoms with Crippen LogP contribution in [0.1, 0.15) is 12.5 Å². The van der Waals surface area contributed by atoms with E-state index in [1.54, 1.807) is 12.0 Å². The maximum atomic E-state index is 11.3. The van der Waals surface area contributed by atoms with Gasteiger partial charge in [-0.2, -0.15) is 0 Å². The molecule has 94 valence electrons. The summed E-state index contributed by atoms with van der Waals surface area (Å²) in [5, 5.41) is 0. The van der Waals surface area contributed by atoms with Crippen LogP contribution in [0.2, 0.25) is 0 Å². The van der Waals surface area contributed by atoms with E-state index in [9.17, 15) is 4.79 Å². The molecule has 1 aromatic rings. The molecule has 0 aliphatic carbocycles. The van der Waals surface area contributed by atoms with Gasteiger partial charge in [-0.15, -0.1) is 6.42 Å². The highest BCUT2D eigenvalue weighted by Crippen LogP contribution is 2.18. The highest BCUT2D eigenvalue weighted by molar-refractivity contribution is 5.74. The van der Waals surface area contributed by atoms with Gasteiger partial charge < -0.3 is 9.64 Å². The third-order valence-corrected chi connectivity index (χ3v) is 2.49. The smallest absolute Gasteiger partial charge is 0.220 e. The molecule has 0 radical (unpaired) electrons. The standard InChI is InChI=1S/C15H17NO2/c1-4-11-16(13(2)17)12-7-9-14-8-5-6-10-15(14)18-3/h1,5-10H,11-12H2,2-3H3/b9-7+. The van der Waals surface area contributed by atoms with Gasteiger partial charge in [0.25, 0.3) is 0 Å². The second kappa shape index (κ2) is 7.18. The van der Waals surface area contributed by atoms with E-state index in [4.69, 9.17) is 11.2 Å². The fourth-order valence-corrected chi connectivity index (χ4v) is 1.53. The lowest BCUT2D eigenvalue weighted by Gasteiger charge is -2.15. The number of carbonyl (C=O) groups excluding carboxylic acids is 1. The quantitative estimate of drug-likeness (QED) is 0.742. The molecule has 0 unspecified atom stereocenters. The van der Waals surface area contributed by atoms with Crippen LogP contribution in [0, 0.1) is 12.3 Å². The van der Waals surface area contributed by atoms with E-state index >= 15 is 0 Å². The Morgan fingerprint density at radius 1 is 1.50 bits per heavy atom. The lowest BCUT2D eigenvalue weighted by Crippen LogP contribution is -2.29. The van der Waals surface area contributed by atoms with Crippen molar-refractivity contribution in [2.24, 2.45) is 0 Å². The molecule has 0 aromatic heterocycles. The van der Waals surface area contributed by atoms with E-state index in [2.05, 4.69) is 5.92 Å². The maximum absolute atomic E-state index is 11.3. The normalized spacial score (nSPS) is 10.1. The van der Waals surface area contributed by atoms with Gasteiger partial charge in [0, 0.05) is 19.0 Å². The van der Waals surface area contributed by atoms with Crippen molar-refractivity contribution in [2.75, 3.05) is 20.2 Å². The van der Waals surface area contributed by atoms with Crippen LogP contribution < -0.4 is 4.74 Å². The summed E-state index contributed by atoms with van der Waals surface area (Å²) in [4.78, 5) is 12.9. The molecule has 0 atom stereocenters. The predicted octanol–water partition coefficient (Wildman–Crippen LogP) is 2.19. The van der Waals surface area contributed by atoms with Crippen molar-refractivity contribution in [3.8, 4) is 18.1 Å². The van der Waals surface area contributed by atoms with Crippen LogP contribution in [0.15, 0.2) is 30.3 Å². The number of benzene rings is 1. The number of terminal acetylenes is 1. The largest absolute Gasteiger partial charge is 0.496 e. The molecule has 3 heteroatoms. The van der Waals surface area contributed by atoms with Gasteiger partial charge >= 0.3 is 0 Å². The predicted molar refractivity (Wildman–Crippen MR) is 73.1 cm³/mol. The average molecular weight is 243 g/mol. The highest BCUT2D eigenvalue weighted by Gasteiger charge is 2.04. The summed E-state index contributed by atoms with van der Waals surface area (Å²) in [6.07, 6.45) is 9.03. The van der Waals surface area contributed by atoms with Gasteiger partial charge in [-0.1, -0.05) is 36.3 Å². The van der Waals surface area contributed by atoms with E-state index in [1.807, 2.05) is 36.4 Å². The third-order valence-electron chi connectivity index (χ3n) is 2.49. The SMILES string of the molecule is C#CCN(C/C=C/c1ccccc1OC)C(C)=O. The van der Waals surface area contributed by atoms with Crippen LogP contribution in [-0.2, 0) is 4.79 Å². The number of methoxy groups -OCH3 is 1. The summed E-state index contributed by atoms with van der Waals surface area (Å²) in [5.74, 6) is 3.24. The molecule has 1 aromatic carbocycles. The first kappa shape index (κ1) is 13.9. The first-order chi connectivity index (χ1) is 8.69. The summed E-state index contributed by atoms with van der Waals surface area (Å²) in [6.45, 7) is 2.33. The van der Waals surface area contributed by atoms with Crippen molar-refractivity contribution in [2.45, 2.75) is 6.92 Å². The topological polar surface area (TPSA) is 29.5 Å². The van der Waals surface area contributed by atoms with Crippen LogP contribution in [0.25, 0.3) is 6.08 Å². The van der Waals surface area contributed by atoms with Crippen molar-refractivity contribution in [1.29, 1.82) is 0 Å². The molecule has 3 nitrogen and oxygen atoms in total. The summed E-state index contributed by atoms with van der Waals surface area (Å²) >= 11 is 0. The number of hydrogen-bond acceptors (Lipinski definition) is 2. The Hall–Kier alpha value is -2.21. The van der Waals surface area contributed by atoms with Gasteiger partial charge in [-0.3, -0.25) is 4.79 Å². The average Bonchev–Trinajstić information content (AvgIpc) is 2.38. The number of rotatable bonds is 5. The zero-order chi connectivity index (χ0) is 13.4. The zero-order valence-corrected chi connectivity index (χ0v) is 10.7. The molecule has 0 aliphatic rings. The Balaban J connectivity index is 2.69. The number of hydrogen-bond donors (Lipinski definition) is 0. The maximum Gasteiger partial charge on any atom is 0.220 e. The minimum Gasteiger partial charge on any atom is -0.496 e. The number of para-hydroxylation sites is 1. The Morgan fingerprint density at radius 2 is 2.22 bits per heavy atom. The van der Waals surface area contributed by atoms with Crippen molar-refractivity contribution >= 4 is 12.0 Å². The molecule has 1 amide bonds. The lowest BCUT2D eigenvalue weighted by atomic mass is 10.2. The molecule has 0 saturated carbocycles. The van der Waals surface area contributed by atoms with Crippen molar-refractivity contribution in [1.82, 2.24) is 4.90 Å². The molecule has 0 N–H and O–H groups in total. The van der Waals surface area contributed by atoms with E-state index in [-0.39, 0.29) is 5.91 Å². The van der Waals surface area contributed by atoms with Crippen molar-refractivity contribution in [3.05, 3.63) is 35.9 Å². The van der Waals surface area contributed by atoms with Gasteiger partial charge in [-0.25, -0.2) is 0 Å². The highest BCUT2D eigenvalue weighted by atomic mass is 16.5. The second-order valence-corrected chi connectivity index (χ2v) is 3.75. The summed E-state index contributed by atoms with van der Waals surface area (Å²) in [7, 11) is 1.63. The van der Waals surface area contributed by atoms with E-state index in [0.717, 1.165) is 11.3 Å². The van der Waals surface area contributed by atoms with Gasteiger partial charge in [0.05, 0.1) is 13.7 Å². The molecule has 0 bridgehead atoms. The lowest BCUT2D eigenvalue weighted by molar-refractivity contribution is -0.127. The zero-order valence-electron chi connectivity index (χ0n) is 10.7. The number of nitrogens with zero attached hydrogens (tertiary/aromatic N) is 1. The van der Waals surface area contributed by atoms with E-state index in [1.165, 1.54) is 6.92 Å². The van der Waals surface area contributed by atoms with Crippen LogP contribution in [-0.4, -0.2) is 31.0 Å². The Bertz CT molecular complexity index is 472. The first-order valence-electron chi connectivity index (χ1n) is 5.67. The number of amides is 1. The number of carbonyl (C=O) groups is 1. The van der Waals surface area contributed by atoms with Crippen LogP contribution in [0.3, 0.4) is 0 Å². The molecular weight excluding hydrogens is 226 g/mol. The van der Waals surface area contributed by atoms with Crippen LogP contribution >= 0.6 is 0 Å². The summed E-state index contributed by atoms with van der Waals surface area (Å²) < 4.78 is 5.23. The van der Waals surface area contributed by atoms with Gasteiger partial charge in [0.1, 0.15) is 5.75 Å². The summed E-state index contributed by atoms with van der Waals surface area (Å²) in [6, 6.07) is 7.70. The molecular formula is C15H17NO2. The van der Waals surface area contributed by atoms with Crippen LogP contribution in [0.4, 0.5) is 0 Å². The van der Waals surface area contributed by atoms with Crippen molar-refractivity contribution in [3.63, 3.8) is 0 Å². The molecule has 0 heterocycles. The molecule has 0 saturated heterocycles. The minimum absolute atomic E-state index is 0.0300. The number of ether oxygens (including phenoxy) is 1. The van der Waals surface area contributed by atoms with Gasteiger partial charge in [0.15, 0.2) is 0 Å². The van der Waals surface area contributed by atoms with Gasteiger partial charge in [0.2, 0.25) is 5.91 Å². The first-order valence-corrected chi connectivity index (χ1v) is 5.67. The monoisotopic (exact) mass is 243 g/mol. The molecule has 1 rings (SSSR count). The Kier molecular flexibility index (Phi) is 5.53. The van der Waals surface area contributed by atoms with Crippen molar-refractivity contribution < 1.29 is 9.53 Å². The van der Waals surface area contributed by atoms with E-state index in [0.29, 0.717) is 13.1 Å². The Morgan fingerprint density at radius 3 is 2.83 bits per heavy atom. The summed E-state index contributed by atoms with van der Waals surface area (Å²) in [5.41, 5.74) is 0.976. The molecule has 0 spiro atoms. The fourth-order valence-electron chi connectivity index (χ4n) is 1.53. The second-order valence-electron chi connectivity index (χ2n) is 3.75. The molecule has 18 heavy (non-hydrogen) atoms. The molecule has 0 fully saturated rings. The van der Waals surface area contributed by atoms with Crippen LogP contribution in [0.5, 0.6) is 5.75 Å². The van der Waals surface area contributed by atoms with E-state index < -0.39 is 0 Å². The fraction of sp³-hybridized carbons (Fsp3) is 0.267. The van der Waals surface area contributed by atoms with Gasteiger partial charge in [-0.05, 0) is 6.07 Å². The molecule has 0 aliphatic heterocycles. The Labute approximate surface area is 108 Å². The minimum atomic E-state index is -0.0300. The third kappa shape index (κ3) is 3.99.